The Morgan fingerprint density at radius 2 is 1.76 bits per heavy atom. The normalized spacial score (nSPS) is 24.6. The number of methoxy groups -OCH3 is 1. The predicted molar refractivity (Wildman–Crippen MR) is 216 cm³/mol. The number of benzene rings is 3. The fourth-order valence-electron chi connectivity index (χ4n) is 8.35. The number of ether oxygens (including phenoxy) is 1. The zero-order valence-electron chi connectivity index (χ0n) is 34.1. The monoisotopic (exact) mass is 741 g/mol. The molecule has 1 saturated carbocycles. The number of anilines is 1. The Morgan fingerprint density at radius 1 is 1.04 bits per heavy atom. The largest absolute Gasteiger partial charge is 0.496 e. The van der Waals surface area contributed by atoms with Gasteiger partial charge in [0, 0.05) is 61.5 Å². The van der Waals surface area contributed by atoms with Crippen LogP contribution in [0, 0.1) is 23.2 Å². The fourth-order valence-corrected chi connectivity index (χ4v) is 8.35. The highest BCUT2D eigenvalue weighted by atomic mass is 16.7. The third-order valence-corrected chi connectivity index (χ3v) is 12.0. The van der Waals surface area contributed by atoms with Crippen molar-refractivity contribution in [2.75, 3.05) is 53.3 Å². The number of hydroxylamine groups is 2. The number of aliphatic hydroxyl groups is 1. The van der Waals surface area contributed by atoms with Crippen LogP contribution in [0.15, 0.2) is 66.7 Å². The number of nitrogens with zero attached hydrogens (tertiary/aromatic N) is 3. The Balaban J connectivity index is 1.45. The van der Waals surface area contributed by atoms with Gasteiger partial charge in [0.15, 0.2) is 0 Å². The Labute approximate surface area is 323 Å². The minimum atomic E-state index is -0.781. The first-order valence-electron chi connectivity index (χ1n) is 19.5. The summed E-state index contributed by atoms with van der Waals surface area (Å²) in [5, 5.41) is 19.5. The maximum Gasteiger partial charge on any atom is 0.251 e. The molecule has 0 radical (unpaired) electrons. The number of carbonyl (C=O) groups excluding carboxylic acids is 2. The average Bonchev–Trinajstić information content (AvgIpc) is 3.49. The molecule has 10 heteroatoms. The number of aliphatic hydroxyl groups excluding tert-OH is 1. The highest BCUT2D eigenvalue weighted by Gasteiger charge is 2.51. The van der Waals surface area contributed by atoms with Gasteiger partial charge in [-0.2, -0.15) is 5.06 Å². The Bertz CT molecular complexity index is 1730. The molecule has 1 heterocycles. The van der Waals surface area contributed by atoms with Crippen LogP contribution in [0.1, 0.15) is 68.9 Å². The van der Waals surface area contributed by atoms with Crippen LogP contribution in [0.3, 0.4) is 0 Å². The molecule has 0 unspecified atom stereocenters. The molecule has 0 bridgehead atoms. The zero-order valence-corrected chi connectivity index (χ0v) is 34.1. The van der Waals surface area contributed by atoms with Crippen LogP contribution in [-0.4, -0.2) is 99.6 Å². The number of rotatable bonds is 14. The second kappa shape index (κ2) is 17.7. The standard InChI is InChI=1S/C44H63N5O5/c1-28-29(2)44(4,5)21-19-37(28)46-43(52)40-39(30(3)50)38(27-47(6)7)54-49(40)26-32-17-14-18-36(41(32)53-10)33-23-34(25-35(24-33)48(8)9)42(51)45-22-20-31-15-12-11-13-16-31/h11-18,23-25,28-30,37-40,50H,19-22,26-27H2,1-10H3,(H,45,51)(H,46,52)/t28-,29-,30-,37-,38-,39+,40-/m0/s1. The number of amides is 2. The van der Waals surface area contributed by atoms with E-state index >= 15 is 0 Å². The van der Waals surface area contributed by atoms with Crippen molar-refractivity contribution in [1.29, 1.82) is 0 Å². The van der Waals surface area contributed by atoms with E-state index in [1.54, 1.807) is 19.1 Å². The molecule has 294 valence electrons. The van der Waals surface area contributed by atoms with Crippen molar-refractivity contribution in [2.24, 2.45) is 23.2 Å². The molecule has 0 spiro atoms. The summed E-state index contributed by atoms with van der Waals surface area (Å²) in [6.45, 7) is 12.2. The van der Waals surface area contributed by atoms with Crippen molar-refractivity contribution in [3.8, 4) is 16.9 Å². The van der Waals surface area contributed by atoms with E-state index in [2.05, 4.69) is 56.5 Å². The number of para-hydroxylation sites is 1. The van der Waals surface area contributed by atoms with Gasteiger partial charge in [-0.15, -0.1) is 0 Å². The van der Waals surface area contributed by atoms with E-state index in [1.165, 1.54) is 5.56 Å². The van der Waals surface area contributed by atoms with Crippen LogP contribution in [0.25, 0.3) is 11.1 Å². The summed E-state index contributed by atoms with van der Waals surface area (Å²) >= 11 is 0. The van der Waals surface area contributed by atoms with Gasteiger partial charge >= 0.3 is 0 Å². The molecule has 7 atom stereocenters. The molecule has 3 aromatic carbocycles. The van der Waals surface area contributed by atoms with Crippen LogP contribution < -0.4 is 20.3 Å². The molecular weight excluding hydrogens is 679 g/mol. The predicted octanol–water partition coefficient (Wildman–Crippen LogP) is 6.02. The minimum Gasteiger partial charge on any atom is -0.496 e. The summed E-state index contributed by atoms with van der Waals surface area (Å²) in [6.07, 6.45) is 1.51. The Morgan fingerprint density at radius 3 is 2.41 bits per heavy atom. The first-order valence-corrected chi connectivity index (χ1v) is 19.5. The summed E-state index contributed by atoms with van der Waals surface area (Å²) in [4.78, 5) is 38.6. The van der Waals surface area contributed by atoms with Crippen molar-refractivity contribution in [3.05, 3.63) is 83.4 Å². The Kier molecular flexibility index (Phi) is 13.5. The summed E-state index contributed by atoms with van der Waals surface area (Å²) in [5.74, 6) is 0.665. The minimum absolute atomic E-state index is 0.0384. The third-order valence-electron chi connectivity index (χ3n) is 12.0. The van der Waals surface area contributed by atoms with Gasteiger partial charge in [0.1, 0.15) is 11.8 Å². The molecule has 2 amide bonds. The molecule has 5 rings (SSSR count). The molecule has 0 aromatic heterocycles. The third kappa shape index (κ3) is 9.45. The van der Waals surface area contributed by atoms with Crippen molar-refractivity contribution in [2.45, 2.75) is 84.7 Å². The summed E-state index contributed by atoms with van der Waals surface area (Å²) < 4.78 is 6.13. The molecule has 3 N–H and O–H groups in total. The van der Waals surface area contributed by atoms with Gasteiger partial charge in [-0.3, -0.25) is 14.4 Å². The average molecular weight is 742 g/mol. The molecule has 1 saturated heterocycles. The molecule has 10 nitrogen and oxygen atoms in total. The van der Waals surface area contributed by atoms with Crippen molar-refractivity contribution in [3.63, 3.8) is 0 Å². The SMILES string of the molecule is COc1c(CN2O[C@@H](CN(C)C)[C@@H]([C@H](C)O)[C@H]2C(=O)N[C@H]2CCC(C)(C)[C@@H](C)[C@@H]2C)cccc1-c1cc(C(=O)NCCc2ccccc2)cc(N(C)C)c1. The topological polar surface area (TPSA) is 107 Å². The van der Waals surface area contributed by atoms with E-state index in [-0.39, 0.29) is 29.8 Å². The molecule has 54 heavy (non-hydrogen) atoms. The smallest absolute Gasteiger partial charge is 0.251 e. The van der Waals surface area contributed by atoms with Gasteiger partial charge in [-0.25, -0.2) is 0 Å². The van der Waals surface area contributed by atoms with Crippen molar-refractivity contribution < 1.29 is 24.3 Å². The lowest BCUT2D eigenvalue weighted by atomic mass is 9.63. The van der Waals surface area contributed by atoms with E-state index in [0.717, 1.165) is 41.6 Å². The van der Waals surface area contributed by atoms with Crippen LogP contribution in [0.4, 0.5) is 5.69 Å². The van der Waals surface area contributed by atoms with E-state index in [0.29, 0.717) is 36.2 Å². The molecule has 3 aromatic rings. The fraction of sp³-hybridized carbons (Fsp3) is 0.545. The van der Waals surface area contributed by atoms with E-state index in [9.17, 15) is 14.7 Å². The van der Waals surface area contributed by atoms with Gasteiger partial charge in [-0.05, 0) is 86.9 Å². The van der Waals surface area contributed by atoms with Crippen molar-refractivity contribution >= 4 is 17.5 Å². The maximum atomic E-state index is 14.4. The second-order valence-electron chi connectivity index (χ2n) is 16.7. The van der Waals surface area contributed by atoms with E-state index in [1.807, 2.05) is 86.5 Å². The van der Waals surface area contributed by atoms with Crippen LogP contribution in [0.5, 0.6) is 5.75 Å². The zero-order chi connectivity index (χ0) is 39.3. The van der Waals surface area contributed by atoms with Gasteiger partial charge in [-0.1, -0.05) is 76.2 Å². The van der Waals surface area contributed by atoms with E-state index in [4.69, 9.17) is 9.57 Å². The van der Waals surface area contributed by atoms with Gasteiger partial charge in [0.2, 0.25) is 5.91 Å². The van der Waals surface area contributed by atoms with Crippen molar-refractivity contribution in [1.82, 2.24) is 20.6 Å². The number of hydrogen-bond donors (Lipinski definition) is 3. The maximum absolute atomic E-state index is 14.4. The summed E-state index contributed by atoms with van der Waals surface area (Å²) in [5.41, 5.74) is 5.29. The molecule has 2 fully saturated rings. The lowest BCUT2D eigenvalue weighted by Gasteiger charge is -2.46. The summed E-state index contributed by atoms with van der Waals surface area (Å²) in [6, 6.07) is 21.2. The van der Waals surface area contributed by atoms with Gasteiger partial charge < -0.3 is 30.3 Å². The molecule has 1 aliphatic carbocycles. The number of nitrogens with one attached hydrogen (secondary N) is 2. The highest BCUT2D eigenvalue weighted by molar-refractivity contribution is 5.97. The summed E-state index contributed by atoms with van der Waals surface area (Å²) in [7, 11) is 9.50. The molecule has 1 aliphatic heterocycles. The lowest BCUT2D eigenvalue weighted by Crippen LogP contribution is -2.55. The van der Waals surface area contributed by atoms with Gasteiger partial charge in [0.25, 0.3) is 5.91 Å². The van der Waals surface area contributed by atoms with Gasteiger partial charge in [0.05, 0.1) is 25.9 Å². The first-order chi connectivity index (χ1) is 25.6. The number of carbonyl (C=O) groups is 2. The number of likely N-dealkylation sites (N-methyl/N-ethyl adjacent to an activating group) is 1. The quantitative estimate of drug-likeness (QED) is 0.184. The Hall–Kier alpha value is -3.96. The van der Waals surface area contributed by atoms with Crippen LogP contribution in [0.2, 0.25) is 0 Å². The van der Waals surface area contributed by atoms with Crippen LogP contribution in [-0.2, 0) is 22.6 Å². The lowest BCUT2D eigenvalue weighted by molar-refractivity contribution is -0.178. The highest BCUT2D eigenvalue weighted by Crippen LogP contribution is 2.44. The first kappa shape index (κ1) is 41.2. The molecular formula is C44H63N5O5. The van der Waals surface area contributed by atoms with E-state index < -0.39 is 24.2 Å². The molecule has 2 aliphatic rings. The van der Waals surface area contributed by atoms with Crippen LogP contribution >= 0.6 is 0 Å². The second-order valence-corrected chi connectivity index (χ2v) is 16.7. The number of hydrogen-bond acceptors (Lipinski definition) is 8.